The molecule has 0 aromatic heterocycles. The molecule has 1 unspecified atom stereocenters. The van der Waals surface area contributed by atoms with E-state index < -0.39 is 15.5 Å². The standard InChI is InChI=1S/C16H31F3N4O2S.HI/c1-12(2)5-6-13(3)22-15(20-4)21-11-14-7-9-23(10-8-14)26(24,25)16(17,18)19;/h12-14H,5-11H2,1-4H3,(H2,20,21,22);1H. The van der Waals surface area contributed by atoms with Gasteiger partial charge in [-0.3, -0.25) is 4.99 Å². The van der Waals surface area contributed by atoms with Crippen LogP contribution in [0.4, 0.5) is 13.2 Å². The Kier molecular flexibility index (Phi) is 11.5. The van der Waals surface area contributed by atoms with Gasteiger partial charge in [-0.25, -0.2) is 8.42 Å². The summed E-state index contributed by atoms with van der Waals surface area (Å²) in [6, 6.07) is 0.266. The summed E-state index contributed by atoms with van der Waals surface area (Å²) < 4.78 is 61.1. The number of hydrogen-bond acceptors (Lipinski definition) is 3. The topological polar surface area (TPSA) is 73.8 Å². The van der Waals surface area contributed by atoms with Gasteiger partial charge in [-0.2, -0.15) is 17.5 Å². The van der Waals surface area contributed by atoms with Crippen LogP contribution in [0.25, 0.3) is 0 Å². The summed E-state index contributed by atoms with van der Waals surface area (Å²) in [4.78, 5) is 4.17. The second-order valence-electron chi connectivity index (χ2n) is 7.26. The van der Waals surface area contributed by atoms with Crippen LogP contribution in [-0.2, 0) is 10.0 Å². The third-order valence-electron chi connectivity index (χ3n) is 4.55. The number of alkyl halides is 3. The minimum atomic E-state index is -5.23. The number of rotatable bonds is 7. The summed E-state index contributed by atoms with van der Waals surface area (Å²) in [6.45, 7) is 6.76. The Morgan fingerprint density at radius 2 is 1.74 bits per heavy atom. The molecule has 2 N–H and O–H groups in total. The van der Waals surface area contributed by atoms with Crippen LogP contribution in [0.1, 0.15) is 46.5 Å². The van der Waals surface area contributed by atoms with Gasteiger partial charge in [-0.05, 0) is 44.4 Å². The summed E-state index contributed by atoms with van der Waals surface area (Å²) in [5.41, 5.74) is -5.23. The van der Waals surface area contributed by atoms with Gasteiger partial charge in [-0.15, -0.1) is 24.0 Å². The molecule has 1 saturated heterocycles. The lowest BCUT2D eigenvalue weighted by atomic mass is 9.98. The molecule has 1 fully saturated rings. The zero-order valence-corrected chi connectivity index (χ0v) is 19.5. The largest absolute Gasteiger partial charge is 0.511 e. The Hall–Kier alpha value is -0.300. The van der Waals surface area contributed by atoms with Crippen LogP contribution in [0, 0.1) is 11.8 Å². The van der Waals surface area contributed by atoms with Gasteiger partial charge >= 0.3 is 15.5 Å². The van der Waals surface area contributed by atoms with Crippen molar-refractivity contribution in [2.45, 2.75) is 58.0 Å². The van der Waals surface area contributed by atoms with Gasteiger partial charge in [0, 0.05) is 32.7 Å². The van der Waals surface area contributed by atoms with Crippen LogP contribution >= 0.6 is 24.0 Å². The lowest BCUT2D eigenvalue weighted by molar-refractivity contribution is -0.0496. The third-order valence-corrected chi connectivity index (χ3v) is 6.18. The first-order valence-corrected chi connectivity index (χ1v) is 10.4. The van der Waals surface area contributed by atoms with Crippen molar-refractivity contribution in [2.24, 2.45) is 16.8 Å². The fourth-order valence-electron chi connectivity index (χ4n) is 2.82. The van der Waals surface area contributed by atoms with Crippen LogP contribution in [-0.4, -0.2) is 56.9 Å². The maximum Gasteiger partial charge on any atom is 0.511 e. The SMILES string of the molecule is CN=C(NCC1CCN(S(=O)(=O)C(F)(F)F)CC1)NC(C)CCC(C)C.I. The molecule has 27 heavy (non-hydrogen) atoms. The van der Waals surface area contributed by atoms with Gasteiger partial charge in [0.1, 0.15) is 0 Å². The quantitative estimate of drug-likeness (QED) is 0.303. The monoisotopic (exact) mass is 528 g/mol. The molecule has 1 heterocycles. The van der Waals surface area contributed by atoms with E-state index in [1.165, 1.54) is 0 Å². The average Bonchev–Trinajstić information content (AvgIpc) is 2.56. The predicted octanol–water partition coefficient (Wildman–Crippen LogP) is 3.16. The Balaban J connectivity index is 0.00000676. The highest BCUT2D eigenvalue weighted by atomic mass is 127. The van der Waals surface area contributed by atoms with Gasteiger partial charge in [0.05, 0.1) is 0 Å². The van der Waals surface area contributed by atoms with E-state index in [-0.39, 0.29) is 49.0 Å². The molecule has 1 aliphatic rings. The molecule has 0 aliphatic carbocycles. The minimum absolute atomic E-state index is 0. The van der Waals surface area contributed by atoms with Crippen LogP contribution in [0.5, 0.6) is 0 Å². The number of sulfonamides is 1. The number of nitrogens with one attached hydrogen (secondary N) is 2. The number of guanidine groups is 1. The molecule has 1 atom stereocenters. The molecule has 11 heteroatoms. The van der Waals surface area contributed by atoms with Crippen molar-refractivity contribution in [3.05, 3.63) is 0 Å². The first-order chi connectivity index (χ1) is 12.0. The molecular formula is C16H32F3IN4O2S. The molecule has 162 valence electrons. The number of nitrogens with zero attached hydrogens (tertiary/aromatic N) is 2. The lowest BCUT2D eigenvalue weighted by Gasteiger charge is -2.32. The Bertz CT molecular complexity index is 563. The Morgan fingerprint density at radius 3 is 2.19 bits per heavy atom. The number of hydrogen-bond donors (Lipinski definition) is 2. The maximum atomic E-state index is 12.6. The average molecular weight is 528 g/mol. The van der Waals surface area contributed by atoms with Gasteiger partial charge in [-0.1, -0.05) is 13.8 Å². The van der Waals surface area contributed by atoms with Crippen molar-refractivity contribution in [1.82, 2.24) is 14.9 Å². The zero-order chi connectivity index (χ0) is 20.0. The van der Waals surface area contributed by atoms with Crippen LogP contribution in [0.2, 0.25) is 0 Å². The van der Waals surface area contributed by atoms with E-state index >= 15 is 0 Å². The lowest BCUT2D eigenvalue weighted by Crippen LogP contribution is -2.48. The molecule has 0 bridgehead atoms. The molecule has 0 amide bonds. The van der Waals surface area contributed by atoms with E-state index in [2.05, 4.69) is 36.4 Å². The summed E-state index contributed by atoms with van der Waals surface area (Å²) >= 11 is 0. The highest BCUT2D eigenvalue weighted by molar-refractivity contribution is 14.0. The van der Waals surface area contributed by atoms with Crippen LogP contribution in [0.3, 0.4) is 0 Å². The molecule has 0 spiro atoms. The number of aliphatic imine (C=N–C) groups is 1. The molecule has 0 saturated carbocycles. The van der Waals surface area contributed by atoms with E-state index in [4.69, 9.17) is 0 Å². The minimum Gasteiger partial charge on any atom is -0.356 e. The first kappa shape index (κ1) is 26.7. The van der Waals surface area contributed by atoms with E-state index in [0.29, 0.717) is 35.6 Å². The number of piperidine rings is 1. The van der Waals surface area contributed by atoms with E-state index in [1.54, 1.807) is 7.05 Å². The second-order valence-corrected chi connectivity index (χ2v) is 9.19. The van der Waals surface area contributed by atoms with E-state index in [9.17, 15) is 21.6 Å². The molecule has 0 aromatic rings. The van der Waals surface area contributed by atoms with Crippen molar-refractivity contribution in [3.63, 3.8) is 0 Å². The smallest absolute Gasteiger partial charge is 0.356 e. The number of halogens is 4. The summed E-state index contributed by atoms with van der Waals surface area (Å²) in [5, 5.41) is 6.49. The van der Waals surface area contributed by atoms with Gasteiger partial charge in [0.25, 0.3) is 0 Å². The predicted molar refractivity (Wildman–Crippen MR) is 113 cm³/mol. The summed E-state index contributed by atoms with van der Waals surface area (Å²) in [5.74, 6) is 1.40. The van der Waals surface area contributed by atoms with Crippen molar-refractivity contribution in [3.8, 4) is 0 Å². The molecule has 0 radical (unpaired) electrons. The third kappa shape index (κ3) is 8.71. The van der Waals surface area contributed by atoms with Crippen LogP contribution in [0.15, 0.2) is 4.99 Å². The van der Waals surface area contributed by atoms with Crippen molar-refractivity contribution in [1.29, 1.82) is 0 Å². The first-order valence-electron chi connectivity index (χ1n) is 9.01. The molecule has 0 aromatic carbocycles. The van der Waals surface area contributed by atoms with Gasteiger partial charge in [0.2, 0.25) is 0 Å². The summed E-state index contributed by atoms with van der Waals surface area (Å²) in [6.07, 6.45) is 2.91. The Labute approximate surface area is 177 Å². The fourth-order valence-corrected chi connectivity index (χ4v) is 3.81. The van der Waals surface area contributed by atoms with Gasteiger partial charge < -0.3 is 10.6 Å². The molecule has 6 nitrogen and oxygen atoms in total. The van der Waals surface area contributed by atoms with E-state index in [1.807, 2.05) is 0 Å². The van der Waals surface area contributed by atoms with Crippen molar-refractivity contribution < 1.29 is 21.6 Å². The highest BCUT2D eigenvalue weighted by Crippen LogP contribution is 2.30. The molecule has 1 rings (SSSR count). The van der Waals surface area contributed by atoms with Crippen molar-refractivity contribution in [2.75, 3.05) is 26.7 Å². The maximum absolute atomic E-state index is 12.6. The fraction of sp³-hybridized carbons (Fsp3) is 0.938. The molecular weight excluding hydrogens is 496 g/mol. The zero-order valence-electron chi connectivity index (χ0n) is 16.3. The molecule has 1 aliphatic heterocycles. The highest BCUT2D eigenvalue weighted by Gasteiger charge is 2.50. The Morgan fingerprint density at radius 1 is 1.19 bits per heavy atom. The van der Waals surface area contributed by atoms with Crippen molar-refractivity contribution >= 4 is 40.0 Å². The van der Waals surface area contributed by atoms with E-state index in [0.717, 1.165) is 12.8 Å². The normalized spacial score (nSPS) is 18.9. The second kappa shape index (κ2) is 11.6. The summed E-state index contributed by atoms with van der Waals surface area (Å²) in [7, 11) is -3.54. The van der Waals surface area contributed by atoms with Gasteiger partial charge in [0.15, 0.2) is 5.96 Å². The van der Waals surface area contributed by atoms with Crippen LogP contribution < -0.4 is 10.6 Å².